The Kier molecular flexibility index (Phi) is 4.88. The molecule has 21 heavy (non-hydrogen) atoms. The van der Waals surface area contributed by atoms with E-state index in [2.05, 4.69) is 29.2 Å². The van der Waals surface area contributed by atoms with E-state index in [0.717, 1.165) is 22.7 Å². The molecule has 0 aromatic carbocycles. The van der Waals surface area contributed by atoms with Crippen molar-refractivity contribution in [3.63, 3.8) is 0 Å². The maximum atomic E-state index is 12.1. The number of fused-ring (bicyclic) bond motifs is 1. The average Bonchev–Trinajstić information content (AvgIpc) is 2.88. The summed E-state index contributed by atoms with van der Waals surface area (Å²) in [6.07, 6.45) is 0.632. The zero-order chi connectivity index (χ0) is 15.6. The van der Waals surface area contributed by atoms with Gasteiger partial charge in [0.05, 0.1) is 5.69 Å². The van der Waals surface area contributed by atoms with Crippen molar-refractivity contribution in [3.05, 3.63) is 11.5 Å². The first-order valence-electron chi connectivity index (χ1n) is 7.15. The van der Waals surface area contributed by atoms with E-state index in [1.807, 2.05) is 18.5 Å². The molecule has 0 bridgehead atoms. The summed E-state index contributed by atoms with van der Waals surface area (Å²) in [5.41, 5.74) is 2.58. The Morgan fingerprint density at radius 1 is 1.43 bits per heavy atom. The number of amides is 1. The molecular weight excluding hydrogens is 290 g/mol. The summed E-state index contributed by atoms with van der Waals surface area (Å²) in [4.78, 5) is 16.7. The fourth-order valence-corrected chi connectivity index (χ4v) is 2.51. The van der Waals surface area contributed by atoms with E-state index in [-0.39, 0.29) is 12.5 Å². The van der Waals surface area contributed by atoms with E-state index in [4.69, 9.17) is 11.6 Å². The van der Waals surface area contributed by atoms with Crippen LogP contribution < -0.4 is 5.32 Å². The molecule has 0 aliphatic carbocycles. The van der Waals surface area contributed by atoms with Crippen molar-refractivity contribution < 1.29 is 4.79 Å². The molecule has 1 N–H and O–H groups in total. The van der Waals surface area contributed by atoms with Crippen molar-refractivity contribution in [1.29, 1.82) is 0 Å². The number of halogens is 1. The number of aryl methyl sites for hydroxylation is 3. The molecule has 7 heteroatoms. The van der Waals surface area contributed by atoms with Gasteiger partial charge in [-0.3, -0.25) is 9.48 Å². The van der Waals surface area contributed by atoms with E-state index in [1.54, 1.807) is 4.68 Å². The lowest BCUT2D eigenvalue weighted by Crippen LogP contribution is -2.31. The third-order valence-electron chi connectivity index (χ3n) is 3.30. The monoisotopic (exact) mass is 311 g/mol. The van der Waals surface area contributed by atoms with Gasteiger partial charge in [-0.15, -0.1) is 11.6 Å². The van der Waals surface area contributed by atoms with Crippen LogP contribution in [0.3, 0.4) is 0 Å². The van der Waals surface area contributed by atoms with Crippen LogP contribution in [0, 0.1) is 12.8 Å². The molecule has 2 aromatic rings. The minimum Gasteiger partial charge on any atom is -0.354 e. The Morgan fingerprint density at radius 2 is 2.14 bits per heavy atom. The van der Waals surface area contributed by atoms with Gasteiger partial charge in [-0.2, -0.15) is 5.10 Å². The highest BCUT2D eigenvalue weighted by molar-refractivity contribution is 6.17. The highest BCUT2D eigenvalue weighted by atomic mass is 35.5. The fourth-order valence-electron chi connectivity index (χ4n) is 2.34. The molecule has 1 amide bonds. The van der Waals surface area contributed by atoms with Gasteiger partial charge in [0.25, 0.3) is 0 Å². The summed E-state index contributed by atoms with van der Waals surface area (Å²) in [5, 5.41) is 7.29. The number of carbonyl (C=O) groups is 1. The highest BCUT2D eigenvalue weighted by Crippen LogP contribution is 2.19. The van der Waals surface area contributed by atoms with E-state index in [9.17, 15) is 4.79 Å². The molecule has 2 rings (SSSR count). The molecule has 0 aliphatic heterocycles. The molecule has 0 atom stereocenters. The largest absolute Gasteiger partial charge is 0.354 e. The fraction of sp³-hybridized carbons (Fsp3) is 0.643. The quantitative estimate of drug-likeness (QED) is 0.825. The Bertz CT molecular complexity index is 643. The van der Waals surface area contributed by atoms with Crippen LogP contribution in [0.25, 0.3) is 11.2 Å². The minimum absolute atomic E-state index is 0.0160. The topological polar surface area (TPSA) is 64.7 Å². The number of imidazole rings is 1. The molecule has 0 fully saturated rings. The second-order valence-electron chi connectivity index (χ2n) is 5.63. The third kappa shape index (κ3) is 3.37. The molecule has 2 heterocycles. The number of nitrogens with zero attached hydrogens (tertiary/aromatic N) is 4. The Labute approximate surface area is 129 Å². The second kappa shape index (κ2) is 6.47. The van der Waals surface area contributed by atoms with E-state index in [0.29, 0.717) is 24.8 Å². The van der Waals surface area contributed by atoms with Gasteiger partial charge in [-0.1, -0.05) is 13.8 Å². The summed E-state index contributed by atoms with van der Waals surface area (Å²) in [7, 11) is 1.87. The first-order valence-corrected chi connectivity index (χ1v) is 7.68. The van der Waals surface area contributed by atoms with Gasteiger partial charge < -0.3 is 9.88 Å². The van der Waals surface area contributed by atoms with Crippen LogP contribution >= 0.6 is 11.6 Å². The molecular formula is C14H22ClN5O. The van der Waals surface area contributed by atoms with Crippen LogP contribution in [-0.4, -0.2) is 37.7 Å². The van der Waals surface area contributed by atoms with Crippen LogP contribution in [0.1, 0.15) is 25.4 Å². The molecule has 6 nitrogen and oxygen atoms in total. The van der Waals surface area contributed by atoms with Crippen molar-refractivity contribution in [3.8, 4) is 0 Å². The van der Waals surface area contributed by atoms with Crippen LogP contribution in [0.4, 0.5) is 0 Å². The highest BCUT2D eigenvalue weighted by Gasteiger charge is 2.18. The molecule has 0 unspecified atom stereocenters. The molecule has 0 spiro atoms. The molecule has 0 saturated carbocycles. The van der Waals surface area contributed by atoms with E-state index < -0.39 is 0 Å². The van der Waals surface area contributed by atoms with Crippen molar-refractivity contribution in [1.82, 2.24) is 24.6 Å². The number of nitrogens with one attached hydrogen (secondary N) is 1. The first-order chi connectivity index (χ1) is 9.93. The van der Waals surface area contributed by atoms with E-state index >= 15 is 0 Å². The molecule has 0 saturated heterocycles. The lowest BCUT2D eigenvalue weighted by Gasteiger charge is -2.11. The van der Waals surface area contributed by atoms with Gasteiger partial charge in [0.1, 0.15) is 17.9 Å². The lowest BCUT2D eigenvalue weighted by molar-refractivity contribution is -0.121. The number of hydrogen-bond acceptors (Lipinski definition) is 3. The lowest BCUT2D eigenvalue weighted by atomic mass is 10.2. The predicted molar refractivity (Wildman–Crippen MR) is 83.5 cm³/mol. The number of carbonyl (C=O) groups excluding carboxylic acids is 1. The van der Waals surface area contributed by atoms with Crippen LogP contribution in [-0.2, 0) is 24.8 Å². The van der Waals surface area contributed by atoms with E-state index in [1.165, 1.54) is 0 Å². The Hall–Kier alpha value is -1.56. The Morgan fingerprint density at radius 3 is 2.76 bits per heavy atom. The van der Waals surface area contributed by atoms with Crippen LogP contribution in [0.15, 0.2) is 0 Å². The van der Waals surface area contributed by atoms with Gasteiger partial charge in [-0.05, 0) is 12.8 Å². The molecule has 116 valence electrons. The van der Waals surface area contributed by atoms with Crippen molar-refractivity contribution >= 4 is 28.7 Å². The van der Waals surface area contributed by atoms with Gasteiger partial charge >= 0.3 is 0 Å². The third-order valence-corrected chi connectivity index (χ3v) is 3.49. The standard InChI is InChI=1S/C14H22ClN5O/c1-9(2)7-16-12(21)8-20-11(5-6-15)17-13-10(3)18-19(4)14(13)20/h9H,5-8H2,1-4H3,(H,16,21). The molecule has 0 radical (unpaired) electrons. The van der Waals surface area contributed by atoms with Crippen LogP contribution in [0.2, 0.25) is 0 Å². The van der Waals surface area contributed by atoms with Crippen molar-refractivity contribution in [2.75, 3.05) is 12.4 Å². The first kappa shape index (κ1) is 15.8. The van der Waals surface area contributed by atoms with Gasteiger partial charge in [0.2, 0.25) is 5.91 Å². The maximum absolute atomic E-state index is 12.1. The van der Waals surface area contributed by atoms with Crippen LogP contribution in [0.5, 0.6) is 0 Å². The summed E-state index contributed by atoms with van der Waals surface area (Å²) < 4.78 is 3.68. The number of alkyl halides is 1. The van der Waals surface area contributed by atoms with Gasteiger partial charge in [0.15, 0.2) is 5.65 Å². The number of rotatable bonds is 6. The minimum atomic E-state index is -0.0160. The molecule has 0 aliphatic rings. The molecule has 2 aromatic heterocycles. The second-order valence-corrected chi connectivity index (χ2v) is 6.01. The van der Waals surface area contributed by atoms with Crippen molar-refractivity contribution in [2.24, 2.45) is 13.0 Å². The zero-order valence-electron chi connectivity index (χ0n) is 13.0. The summed E-state index contributed by atoms with van der Waals surface area (Å²) in [6, 6.07) is 0. The normalized spacial score (nSPS) is 11.5. The summed E-state index contributed by atoms with van der Waals surface area (Å²) in [5.74, 6) is 1.72. The Balaban J connectivity index is 2.31. The van der Waals surface area contributed by atoms with Gasteiger partial charge in [-0.25, -0.2) is 4.98 Å². The van der Waals surface area contributed by atoms with Gasteiger partial charge in [0, 0.05) is 25.9 Å². The number of aromatic nitrogens is 4. The smallest absolute Gasteiger partial charge is 0.240 e. The summed E-state index contributed by atoms with van der Waals surface area (Å²) >= 11 is 5.85. The number of hydrogen-bond donors (Lipinski definition) is 1. The zero-order valence-corrected chi connectivity index (χ0v) is 13.7. The summed E-state index contributed by atoms with van der Waals surface area (Å²) in [6.45, 7) is 6.97. The average molecular weight is 312 g/mol. The van der Waals surface area contributed by atoms with Crippen molar-refractivity contribution in [2.45, 2.75) is 33.7 Å². The SMILES string of the molecule is Cc1nn(C)c2c1nc(CCCl)n2CC(=O)NCC(C)C. The maximum Gasteiger partial charge on any atom is 0.240 e. The predicted octanol–water partition coefficient (Wildman–Crippen LogP) is 1.63.